The second-order valence-electron chi connectivity index (χ2n) is 7.28. The van der Waals surface area contributed by atoms with E-state index < -0.39 is 15.9 Å². The molecule has 0 aliphatic heterocycles. The van der Waals surface area contributed by atoms with Crippen molar-refractivity contribution in [2.75, 3.05) is 13.4 Å². The van der Waals surface area contributed by atoms with Gasteiger partial charge in [-0.05, 0) is 48.4 Å². The van der Waals surface area contributed by atoms with Gasteiger partial charge in [-0.2, -0.15) is 0 Å². The van der Waals surface area contributed by atoms with Crippen LogP contribution in [0.2, 0.25) is 0 Å². The summed E-state index contributed by atoms with van der Waals surface area (Å²) in [6, 6.07) is 21.3. The summed E-state index contributed by atoms with van der Waals surface area (Å²) in [4.78, 5) is 13.0. The van der Waals surface area contributed by atoms with Crippen LogP contribution >= 0.6 is 0 Å². The Morgan fingerprint density at radius 2 is 1.68 bits per heavy atom. The minimum atomic E-state index is -3.37. The van der Waals surface area contributed by atoms with Crippen molar-refractivity contribution in [3.63, 3.8) is 0 Å². The standard InChI is InChI=1S/C25H25NO4S/c1-18-12-14-23(30-2)20(16-18)13-15-24(27)26-25(19-8-5-4-6-9-19)21-10-7-11-22(17-21)31(3,28)29/h4-17,25H,1-3H3,(H,26,27)/b15-13+. The smallest absolute Gasteiger partial charge is 0.244 e. The molecule has 0 radical (unpaired) electrons. The van der Waals surface area contributed by atoms with Gasteiger partial charge in [-0.25, -0.2) is 8.42 Å². The van der Waals surface area contributed by atoms with E-state index in [9.17, 15) is 13.2 Å². The summed E-state index contributed by atoms with van der Waals surface area (Å²) >= 11 is 0. The Kier molecular flexibility index (Phi) is 6.92. The molecule has 3 aromatic carbocycles. The minimum absolute atomic E-state index is 0.209. The van der Waals surface area contributed by atoms with Crippen LogP contribution in [0.15, 0.2) is 83.8 Å². The SMILES string of the molecule is COc1ccc(C)cc1/C=C/C(=O)NC(c1ccccc1)c1cccc(S(C)(=O)=O)c1. The molecule has 0 saturated heterocycles. The van der Waals surface area contributed by atoms with E-state index >= 15 is 0 Å². The molecule has 0 saturated carbocycles. The van der Waals surface area contributed by atoms with E-state index in [4.69, 9.17) is 4.74 Å². The number of nitrogens with one attached hydrogen (secondary N) is 1. The van der Waals surface area contributed by atoms with Gasteiger partial charge in [0.25, 0.3) is 0 Å². The Bertz CT molecular complexity index is 1200. The maximum absolute atomic E-state index is 12.8. The molecule has 0 aliphatic rings. The first kappa shape index (κ1) is 22.3. The highest BCUT2D eigenvalue weighted by Crippen LogP contribution is 2.25. The number of aryl methyl sites for hydroxylation is 1. The van der Waals surface area contributed by atoms with Gasteiger partial charge in [0.2, 0.25) is 5.91 Å². The second-order valence-corrected chi connectivity index (χ2v) is 9.29. The zero-order valence-electron chi connectivity index (χ0n) is 17.7. The van der Waals surface area contributed by atoms with Crippen molar-refractivity contribution in [3.05, 3.63) is 101 Å². The zero-order valence-corrected chi connectivity index (χ0v) is 18.5. The molecular formula is C25H25NO4S. The van der Waals surface area contributed by atoms with Crippen LogP contribution in [0.5, 0.6) is 5.75 Å². The molecule has 0 spiro atoms. The first-order valence-electron chi connectivity index (χ1n) is 9.76. The molecule has 3 aromatic rings. The molecule has 1 atom stereocenters. The van der Waals surface area contributed by atoms with Gasteiger partial charge in [0.05, 0.1) is 18.0 Å². The highest BCUT2D eigenvalue weighted by Gasteiger charge is 2.18. The summed E-state index contributed by atoms with van der Waals surface area (Å²) in [7, 11) is -1.78. The lowest BCUT2D eigenvalue weighted by molar-refractivity contribution is -0.116. The van der Waals surface area contributed by atoms with Crippen molar-refractivity contribution in [1.29, 1.82) is 0 Å². The third-order valence-corrected chi connectivity index (χ3v) is 5.95. The van der Waals surface area contributed by atoms with E-state index in [2.05, 4.69) is 5.32 Å². The lowest BCUT2D eigenvalue weighted by Crippen LogP contribution is -2.27. The first-order valence-corrected chi connectivity index (χ1v) is 11.7. The predicted molar refractivity (Wildman–Crippen MR) is 123 cm³/mol. The Morgan fingerprint density at radius 3 is 2.35 bits per heavy atom. The van der Waals surface area contributed by atoms with E-state index in [0.717, 1.165) is 16.7 Å². The maximum atomic E-state index is 12.8. The normalized spacial score (nSPS) is 12.5. The van der Waals surface area contributed by atoms with Crippen LogP contribution in [0.1, 0.15) is 28.3 Å². The number of carbonyl (C=O) groups excluding carboxylic acids is 1. The topological polar surface area (TPSA) is 72.5 Å². The second kappa shape index (κ2) is 9.62. The number of sulfone groups is 1. The third-order valence-electron chi connectivity index (χ3n) is 4.84. The molecular weight excluding hydrogens is 410 g/mol. The number of methoxy groups -OCH3 is 1. The monoisotopic (exact) mass is 435 g/mol. The van der Waals surface area contributed by atoms with E-state index in [1.807, 2.05) is 55.5 Å². The van der Waals surface area contributed by atoms with Crippen molar-refractivity contribution in [1.82, 2.24) is 5.32 Å². The third kappa shape index (κ3) is 5.83. The minimum Gasteiger partial charge on any atom is -0.496 e. The molecule has 0 aliphatic carbocycles. The number of hydrogen-bond donors (Lipinski definition) is 1. The predicted octanol–water partition coefficient (Wildman–Crippen LogP) is 4.33. The van der Waals surface area contributed by atoms with Crippen LogP contribution in [0, 0.1) is 6.92 Å². The highest BCUT2D eigenvalue weighted by atomic mass is 32.2. The average molecular weight is 436 g/mol. The summed E-state index contributed by atoms with van der Waals surface area (Å²) < 4.78 is 29.4. The van der Waals surface area contributed by atoms with E-state index in [0.29, 0.717) is 11.3 Å². The molecule has 0 aromatic heterocycles. The Labute approximate surface area is 183 Å². The summed E-state index contributed by atoms with van der Waals surface area (Å²) in [5.41, 5.74) is 3.39. The zero-order chi connectivity index (χ0) is 22.4. The molecule has 0 heterocycles. The van der Waals surface area contributed by atoms with Crippen molar-refractivity contribution in [2.45, 2.75) is 17.9 Å². The van der Waals surface area contributed by atoms with Gasteiger partial charge in [0.15, 0.2) is 9.84 Å². The van der Waals surface area contributed by atoms with Crippen LogP contribution in [0.3, 0.4) is 0 Å². The van der Waals surface area contributed by atoms with E-state index in [1.54, 1.807) is 37.5 Å². The van der Waals surface area contributed by atoms with E-state index in [-0.39, 0.29) is 10.8 Å². The van der Waals surface area contributed by atoms with Gasteiger partial charge >= 0.3 is 0 Å². The number of hydrogen-bond acceptors (Lipinski definition) is 4. The van der Waals surface area contributed by atoms with Gasteiger partial charge in [-0.3, -0.25) is 4.79 Å². The fraction of sp³-hybridized carbons (Fsp3) is 0.160. The van der Waals surface area contributed by atoms with Crippen LogP contribution in [-0.2, 0) is 14.6 Å². The van der Waals surface area contributed by atoms with Gasteiger partial charge in [0.1, 0.15) is 5.75 Å². The summed E-state index contributed by atoms with van der Waals surface area (Å²) in [6.45, 7) is 1.97. The maximum Gasteiger partial charge on any atom is 0.244 e. The molecule has 1 unspecified atom stereocenters. The van der Waals surface area contributed by atoms with Crippen molar-refractivity contribution < 1.29 is 17.9 Å². The Balaban J connectivity index is 1.92. The number of carbonyl (C=O) groups is 1. The molecule has 6 heteroatoms. The van der Waals surface area contributed by atoms with Gasteiger partial charge in [0, 0.05) is 17.9 Å². The molecule has 5 nitrogen and oxygen atoms in total. The first-order chi connectivity index (χ1) is 14.8. The molecule has 1 N–H and O–H groups in total. The van der Waals surface area contributed by atoms with Crippen LogP contribution in [-0.4, -0.2) is 27.7 Å². The summed E-state index contributed by atoms with van der Waals surface area (Å²) in [5, 5.41) is 2.99. The van der Waals surface area contributed by atoms with Crippen molar-refractivity contribution in [3.8, 4) is 5.75 Å². The van der Waals surface area contributed by atoms with Crippen LogP contribution in [0.25, 0.3) is 6.08 Å². The molecule has 160 valence electrons. The van der Waals surface area contributed by atoms with Crippen LogP contribution in [0.4, 0.5) is 0 Å². The molecule has 3 rings (SSSR count). The van der Waals surface area contributed by atoms with Gasteiger partial charge in [-0.15, -0.1) is 0 Å². The molecule has 0 fully saturated rings. The quantitative estimate of drug-likeness (QED) is 0.561. The largest absolute Gasteiger partial charge is 0.496 e. The Morgan fingerprint density at radius 1 is 0.968 bits per heavy atom. The number of rotatable bonds is 7. The van der Waals surface area contributed by atoms with E-state index in [1.165, 1.54) is 12.3 Å². The van der Waals surface area contributed by atoms with Crippen molar-refractivity contribution in [2.24, 2.45) is 0 Å². The summed E-state index contributed by atoms with van der Waals surface area (Å²) in [5.74, 6) is 0.372. The lowest BCUT2D eigenvalue weighted by Gasteiger charge is -2.19. The molecule has 0 bridgehead atoms. The molecule has 31 heavy (non-hydrogen) atoms. The fourth-order valence-electron chi connectivity index (χ4n) is 3.27. The lowest BCUT2D eigenvalue weighted by atomic mass is 9.98. The summed E-state index contributed by atoms with van der Waals surface area (Å²) in [6.07, 6.45) is 4.32. The number of ether oxygens (including phenoxy) is 1. The Hall–Kier alpha value is -3.38. The average Bonchev–Trinajstić information content (AvgIpc) is 2.76. The fourth-order valence-corrected chi connectivity index (χ4v) is 3.95. The highest BCUT2D eigenvalue weighted by molar-refractivity contribution is 7.90. The number of amides is 1. The van der Waals surface area contributed by atoms with Crippen LogP contribution < -0.4 is 10.1 Å². The van der Waals surface area contributed by atoms with Gasteiger partial charge in [-0.1, -0.05) is 54.1 Å². The number of benzene rings is 3. The van der Waals surface area contributed by atoms with Crippen molar-refractivity contribution >= 4 is 21.8 Å². The van der Waals surface area contributed by atoms with Gasteiger partial charge < -0.3 is 10.1 Å². The molecule has 1 amide bonds.